The second-order valence-electron chi connectivity index (χ2n) is 3.48. The first-order valence-corrected chi connectivity index (χ1v) is 9.64. The number of carbonyl (C=O) groups excluding carboxylic acids is 1. The van der Waals surface area contributed by atoms with Gasteiger partial charge in [0.05, 0.1) is 34.4 Å². The summed E-state index contributed by atoms with van der Waals surface area (Å²) in [6.45, 7) is 1.50. The van der Waals surface area contributed by atoms with Gasteiger partial charge in [0.2, 0.25) is 5.91 Å². The lowest BCUT2D eigenvalue weighted by Crippen LogP contribution is -2.31. The van der Waals surface area contributed by atoms with Crippen molar-refractivity contribution in [3.8, 4) is 0 Å². The number of hydrogen-bond donors (Lipinski definition) is 2. The molecule has 0 aromatic carbocycles. The number of halogens is 4. The number of rotatable bonds is 7. The van der Waals surface area contributed by atoms with Crippen molar-refractivity contribution in [3.63, 3.8) is 0 Å². The van der Waals surface area contributed by atoms with Crippen LogP contribution in [0.15, 0.2) is 0 Å². The second-order valence-corrected chi connectivity index (χ2v) is 7.68. The molecule has 0 fully saturated rings. The van der Waals surface area contributed by atoms with Gasteiger partial charge in [0.15, 0.2) is 0 Å². The molecule has 1 aromatic rings. The molecule has 1 aromatic heterocycles. The molecule has 0 spiro atoms. The summed E-state index contributed by atoms with van der Waals surface area (Å²) in [4.78, 5) is 11.8. The fourth-order valence-electron chi connectivity index (χ4n) is 1.27. The lowest BCUT2D eigenvalue weighted by molar-refractivity contribution is -0.122. The monoisotopic (exact) mass is 716 g/mol. The van der Waals surface area contributed by atoms with Crippen LogP contribution in [0.25, 0.3) is 0 Å². The smallest absolute Gasteiger partial charge is 0.240 e. The minimum absolute atomic E-state index is 0.00454. The van der Waals surface area contributed by atoms with Gasteiger partial charge in [-0.25, -0.2) is 0 Å². The number of ether oxygens (including phenoxy) is 1. The Morgan fingerprint density at radius 2 is 1.74 bits per heavy atom. The summed E-state index contributed by atoms with van der Waals surface area (Å²) in [5, 5.41) is 11.3. The normalized spacial score (nSPS) is 10.8. The maximum Gasteiger partial charge on any atom is 0.240 e. The Morgan fingerprint density at radius 3 is 2.26 bits per heavy atom. The molecule has 0 aliphatic heterocycles. The Kier molecular flexibility index (Phi) is 9.39. The van der Waals surface area contributed by atoms with E-state index in [2.05, 4.69) is 95.7 Å². The third kappa shape index (κ3) is 5.71. The highest BCUT2D eigenvalue weighted by atomic mass is 127. The van der Waals surface area contributed by atoms with Crippen molar-refractivity contribution in [3.05, 3.63) is 14.5 Å². The largest absolute Gasteiger partial charge is 0.394 e. The second kappa shape index (κ2) is 9.58. The highest BCUT2D eigenvalue weighted by Crippen LogP contribution is 2.28. The summed E-state index contributed by atoms with van der Waals surface area (Å²) < 4.78 is 11.6. The molecule has 0 bridgehead atoms. The molecule has 5 nitrogen and oxygen atoms in total. The van der Waals surface area contributed by atoms with E-state index >= 15 is 0 Å². The molecule has 0 radical (unpaired) electrons. The molecule has 0 atom stereocenters. The SMILES string of the molecule is O=C(Cn1c(I)c(I)c(I)c1I)NCCOCCO. The number of hydrogen-bond acceptors (Lipinski definition) is 3. The highest BCUT2D eigenvalue weighted by Gasteiger charge is 2.17. The van der Waals surface area contributed by atoms with Gasteiger partial charge in [-0.1, -0.05) is 0 Å². The third-order valence-electron chi connectivity index (χ3n) is 2.13. The van der Waals surface area contributed by atoms with Crippen LogP contribution in [-0.4, -0.2) is 41.9 Å². The molecule has 0 aliphatic rings. The molecule has 19 heavy (non-hydrogen) atoms. The molecule has 0 aliphatic carbocycles. The van der Waals surface area contributed by atoms with Crippen LogP contribution >= 0.6 is 90.4 Å². The fourth-order valence-corrected chi connectivity index (χ4v) is 5.22. The Morgan fingerprint density at radius 1 is 1.16 bits per heavy atom. The molecule has 0 unspecified atom stereocenters. The summed E-state index contributed by atoms with van der Waals surface area (Å²) in [6, 6.07) is 0. The maximum atomic E-state index is 11.8. The molecule has 1 amide bonds. The van der Waals surface area contributed by atoms with Crippen LogP contribution in [0.1, 0.15) is 0 Å². The Labute approximate surface area is 166 Å². The summed E-state index contributed by atoms with van der Waals surface area (Å²) in [5.41, 5.74) is 0. The van der Waals surface area contributed by atoms with Crippen molar-refractivity contribution < 1.29 is 14.6 Å². The van der Waals surface area contributed by atoms with E-state index in [1.54, 1.807) is 0 Å². The molecule has 9 heteroatoms. The van der Waals surface area contributed by atoms with Crippen molar-refractivity contribution in [1.82, 2.24) is 9.88 Å². The Hall–Kier alpha value is 1.59. The van der Waals surface area contributed by atoms with Gasteiger partial charge in [-0.2, -0.15) is 0 Å². The van der Waals surface area contributed by atoms with E-state index in [-0.39, 0.29) is 12.5 Å². The van der Waals surface area contributed by atoms with Gasteiger partial charge in [-0.05, 0) is 90.4 Å². The standard InChI is InChI=1S/C10H12I4N2O3/c11-7-8(12)10(14)16(9(7)13)5-6(18)15-1-3-19-4-2-17/h17H,1-5H2,(H,15,18). The lowest BCUT2D eigenvalue weighted by Gasteiger charge is -2.09. The van der Waals surface area contributed by atoms with Crippen LogP contribution < -0.4 is 5.32 Å². The number of aliphatic hydroxyl groups excluding tert-OH is 1. The van der Waals surface area contributed by atoms with Crippen LogP contribution in [0.4, 0.5) is 0 Å². The van der Waals surface area contributed by atoms with E-state index in [9.17, 15) is 4.79 Å². The molecule has 1 heterocycles. The van der Waals surface area contributed by atoms with Crippen LogP contribution in [0.2, 0.25) is 0 Å². The number of carbonyl (C=O) groups is 1. The number of amides is 1. The van der Waals surface area contributed by atoms with Gasteiger partial charge in [-0.15, -0.1) is 0 Å². The van der Waals surface area contributed by atoms with E-state index in [1.165, 1.54) is 7.14 Å². The zero-order valence-corrected chi connectivity index (χ0v) is 18.4. The number of aromatic nitrogens is 1. The predicted octanol–water partition coefficient (Wildman–Crippen LogP) is 2.03. The number of nitrogens with one attached hydrogen (secondary N) is 1. The molecule has 0 saturated carbocycles. The van der Waals surface area contributed by atoms with E-state index in [1.807, 2.05) is 4.57 Å². The summed E-state index contributed by atoms with van der Waals surface area (Å²) in [7, 11) is 0. The van der Waals surface area contributed by atoms with Crippen LogP contribution in [0, 0.1) is 14.5 Å². The van der Waals surface area contributed by atoms with E-state index in [0.29, 0.717) is 26.3 Å². The molecule has 108 valence electrons. The predicted molar refractivity (Wildman–Crippen MR) is 106 cm³/mol. The van der Waals surface area contributed by atoms with Crippen LogP contribution in [0.3, 0.4) is 0 Å². The average Bonchev–Trinajstić information content (AvgIpc) is 2.56. The van der Waals surface area contributed by atoms with E-state index in [0.717, 1.165) is 7.40 Å². The molecule has 0 saturated heterocycles. The maximum absolute atomic E-state index is 11.8. The van der Waals surface area contributed by atoms with Gasteiger partial charge < -0.3 is 19.7 Å². The zero-order chi connectivity index (χ0) is 14.4. The van der Waals surface area contributed by atoms with Crippen LogP contribution in [0.5, 0.6) is 0 Å². The van der Waals surface area contributed by atoms with E-state index < -0.39 is 0 Å². The minimum atomic E-state index is -0.0359. The van der Waals surface area contributed by atoms with Crippen molar-refractivity contribution in [2.45, 2.75) is 6.54 Å². The Bertz CT molecular complexity index is 425. The van der Waals surface area contributed by atoms with E-state index in [4.69, 9.17) is 9.84 Å². The molecular formula is C10H12I4N2O3. The highest BCUT2D eigenvalue weighted by molar-refractivity contribution is 14.1. The van der Waals surface area contributed by atoms with Crippen molar-refractivity contribution in [2.75, 3.05) is 26.4 Å². The first-order chi connectivity index (χ1) is 8.99. The molecular weight excluding hydrogens is 704 g/mol. The average molecular weight is 716 g/mol. The number of nitrogens with zero attached hydrogens (tertiary/aromatic N) is 1. The third-order valence-corrected chi connectivity index (χ3v) is 9.57. The van der Waals surface area contributed by atoms with Gasteiger partial charge >= 0.3 is 0 Å². The van der Waals surface area contributed by atoms with Gasteiger partial charge in [0.1, 0.15) is 6.54 Å². The van der Waals surface area contributed by atoms with Crippen molar-refractivity contribution >= 4 is 96.3 Å². The first-order valence-electron chi connectivity index (χ1n) is 5.32. The first kappa shape index (κ1) is 18.6. The summed E-state index contributed by atoms with van der Waals surface area (Å²) in [6.07, 6.45) is 0. The number of aliphatic hydroxyl groups is 1. The molecule has 1 rings (SSSR count). The quantitative estimate of drug-likeness (QED) is 0.336. The topological polar surface area (TPSA) is 63.5 Å². The summed E-state index contributed by atoms with van der Waals surface area (Å²) in [5.74, 6) is -0.0359. The summed E-state index contributed by atoms with van der Waals surface area (Å²) >= 11 is 9.09. The zero-order valence-electron chi connectivity index (χ0n) is 9.76. The van der Waals surface area contributed by atoms with Crippen molar-refractivity contribution in [1.29, 1.82) is 0 Å². The fraction of sp³-hybridized carbons (Fsp3) is 0.500. The molecule has 2 N–H and O–H groups in total. The van der Waals surface area contributed by atoms with Crippen LogP contribution in [-0.2, 0) is 16.1 Å². The Balaban J connectivity index is 2.47. The van der Waals surface area contributed by atoms with Gasteiger partial charge in [0.25, 0.3) is 0 Å². The minimum Gasteiger partial charge on any atom is -0.394 e. The van der Waals surface area contributed by atoms with Gasteiger partial charge in [0, 0.05) is 6.54 Å². The van der Waals surface area contributed by atoms with Crippen molar-refractivity contribution in [2.24, 2.45) is 0 Å². The van der Waals surface area contributed by atoms with Gasteiger partial charge in [-0.3, -0.25) is 4.79 Å². The lowest BCUT2D eigenvalue weighted by atomic mass is 10.5.